The largest absolute Gasteiger partial charge is 0.338 e. The van der Waals surface area contributed by atoms with Crippen molar-refractivity contribution in [3.63, 3.8) is 0 Å². The van der Waals surface area contributed by atoms with Gasteiger partial charge in [0.15, 0.2) is 0 Å². The standard InChI is InChI=1S/C18H22N4O3/c1-11-5-7-14(19-10-11)22-12(6-8-16(22)23)17(24)20-15-9-13(21-25-15)18(2,3)4/h5,7,9-10,12H,6,8H2,1-4H3,(H,20,24). The van der Waals surface area contributed by atoms with Gasteiger partial charge in [0.2, 0.25) is 17.7 Å². The van der Waals surface area contributed by atoms with Gasteiger partial charge < -0.3 is 4.52 Å². The molecule has 1 atom stereocenters. The minimum Gasteiger partial charge on any atom is -0.338 e. The molecule has 7 heteroatoms. The molecule has 0 aliphatic carbocycles. The fourth-order valence-corrected chi connectivity index (χ4v) is 2.71. The summed E-state index contributed by atoms with van der Waals surface area (Å²) >= 11 is 0. The molecule has 1 aliphatic rings. The van der Waals surface area contributed by atoms with E-state index in [1.54, 1.807) is 18.3 Å². The van der Waals surface area contributed by atoms with Crippen LogP contribution in [0.25, 0.3) is 0 Å². The molecule has 7 nitrogen and oxygen atoms in total. The number of amides is 2. The predicted octanol–water partition coefficient (Wildman–Crippen LogP) is 2.81. The van der Waals surface area contributed by atoms with Crippen molar-refractivity contribution < 1.29 is 14.1 Å². The van der Waals surface area contributed by atoms with Gasteiger partial charge in [-0.2, -0.15) is 0 Å². The molecule has 0 aromatic carbocycles. The Morgan fingerprint density at radius 3 is 2.72 bits per heavy atom. The molecule has 25 heavy (non-hydrogen) atoms. The minimum atomic E-state index is -0.606. The van der Waals surface area contributed by atoms with E-state index >= 15 is 0 Å². The van der Waals surface area contributed by atoms with Crippen molar-refractivity contribution in [1.29, 1.82) is 0 Å². The summed E-state index contributed by atoms with van der Waals surface area (Å²) in [7, 11) is 0. The molecule has 132 valence electrons. The SMILES string of the molecule is Cc1ccc(N2C(=O)CCC2C(=O)Nc2cc(C(C)(C)C)no2)nc1. The quantitative estimate of drug-likeness (QED) is 0.926. The smallest absolute Gasteiger partial charge is 0.250 e. The van der Waals surface area contributed by atoms with Gasteiger partial charge in [-0.15, -0.1) is 0 Å². The molecule has 1 unspecified atom stereocenters. The first kappa shape index (κ1) is 17.1. The molecule has 0 radical (unpaired) electrons. The molecule has 0 bridgehead atoms. The van der Waals surface area contributed by atoms with Crippen molar-refractivity contribution in [2.75, 3.05) is 10.2 Å². The third kappa shape index (κ3) is 3.55. The molecule has 2 aromatic rings. The lowest BCUT2D eigenvalue weighted by Gasteiger charge is -2.22. The van der Waals surface area contributed by atoms with Crippen LogP contribution < -0.4 is 10.2 Å². The van der Waals surface area contributed by atoms with Crippen molar-refractivity contribution in [3.8, 4) is 0 Å². The van der Waals surface area contributed by atoms with Gasteiger partial charge in [0.25, 0.3) is 0 Å². The van der Waals surface area contributed by atoms with Crippen LogP contribution in [0.2, 0.25) is 0 Å². The molecule has 3 rings (SSSR count). The van der Waals surface area contributed by atoms with E-state index in [1.165, 1.54) is 4.90 Å². The lowest BCUT2D eigenvalue weighted by molar-refractivity contribution is -0.120. The van der Waals surface area contributed by atoms with E-state index in [0.29, 0.717) is 18.7 Å². The Balaban J connectivity index is 1.77. The Bertz CT molecular complexity index is 789. The highest BCUT2D eigenvalue weighted by Crippen LogP contribution is 2.27. The van der Waals surface area contributed by atoms with Crippen LogP contribution in [0.3, 0.4) is 0 Å². The molecule has 2 amide bonds. The third-order valence-electron chi connectivity index (χ3n) is 4.18. The van der Waals surface area contributed by atoms with Gasteiger partial charge >= 0.3 is 0 Å². The van der Waals surface area contributed by atoms with Crippen LogP contribution in [-0.2, 0) is 15.0 Å². The summed E-state index contributed by atoms with van der Waals surface area (Å²) in [5.41, 5.74) is 1.57. The Morgan fingerprint density at radius 1 is 1.36 bits per heavy atom. The predicted molar refractivity (Wildman–Crippen MR) is 93.3 cm³/mol. The third-order valence-corrected chi connectivity index (χ3v) is 4.18. The number of hydrogen-bond donors (Lipinski definition) is 1. The number of nitrogens with zero attached hydrogens (tertiary/aromatic N) is 3. The molecule has 0 spiro atoms. The number of aryl methyl sites for hydroxylation is 1. The molecule has 1 saturated heterocycles. The van der Waals surface area contributed by atoms with Gasteiger partial charge in [0, 0.05) is 24.1 Å². The van der Waals surface area contributed by atoms with E-state index in [2.05, 4.69) is 15.5 Å². The molecule has 3 heterocycles. The Hall–Kier alpha value is -2.70. The summed E-state index contributed by atoms with van der Waals surface area (Å²) in [5, 5.41) is 6.70. The number of carbonyl (C=O) groups is 2. The summed E-state index contributed by atoms with van der Waals surface area (Å²) in [5.74, 6) is 0.363. The Morgan fingerprint density at radius 2 is 2.12 bits per heavy atom. The summed E-state index contributed by atoms with van der Waals surface area (Å²) in [6, 6.07) is 4.73. The number of pyridine rings is 1. The second-order valence-corrected chi connectivity index (χ2v) is 7.33. The van der Waals surface area contributed by atoms with Crippen LogP contribution in [0.4, 0.5) is 11.7 Å². The van der Waals surface area contributed by atoms with E-state index in [9.17, 15) is 9.59 Å². The number of anilines is 2. The highest BCUT2D eigenvalue weighted by molar-refractivity contribution is 6.06. The monoisotopic (exact) mass is 342 g/mol. The fraction of sp³-hybridized carbons (Fsp3) is 0.444. The van der Waals surface area contributed by atoms with Gasteiger partial charge in [-0.05, 0) is 25.0 Å². The average Bonchev–Trinajstić information content (AvgIpc) is 3.15. The summed E-state index contributed by atoms with van der Waals surface area (Å²) in [6.45, 7) is 7.95. The van der Waals surface area contributed by atoms with Crippen molar-refractivity contribution >= 4 is 23.5 Å². The zero-order chi connectivity index (χ0) is 18.2. The van der Waals surface area contributed by atoms with Gasteiger partial charge in [-0.3, -0.25) is 19.8 Å². The van der Waals surface area contributed by atoms with Gasteiger partial charge in [0.1, 0.15) is 11.9 Å². The minimum absolute atomic E-state index is 0.107. The van der Waals surface area contributed by atoms with Crippen LogP contribution in [0.15, 0.2) is 28.9 Å². The summed E-state index contributed by atoms with van der Waals surface area (Å²) in [6.07, 6.45) is 2.44. The van der Waals surface area contributed by atoms with Crippen molar-refractivity contribution in [3.05, 3.63) is 35.7 Å². The highest BCUT2D eigenvalue weighted by Gasteiger charge is 2.38. The van der Waals surface area contributed by atoms with Crippen molar-refractivity contribution in [2.24, 2.45) is 0 Å². The number of carbonyl (C=O) groups excluding carboxylic acids is 2. The first-order valence-corrected chi connectivity index (χ1v) is 8.28. The second kappa shape index (κ2) is 6.31. The Labute approximate surface area is 146 Å². The average molecular weight is 342 g/mol. The molecule has 0 saturated carbocycles. The molecular formula is C18H22N4O3. The lowest BCUT2D eigenvalue weighted by Crippen LogP contribution is -2.42. The van der Waals surface area contributed by atoms with Crippen LogP contribution >= 0.6 is 0 Å². The maximum absolute atomic E-state index is 12.6. The van der Waals surface area contributed by atoms with E-state index in [0.717, 1.165) is 11.3 Å². The van der Waals surface area contributed by atoms with Gasteiger partial charge in [0.05, 0.1) is 5.69 Å². The number of rotatable bonds is 3. The first-order chi connectivity index (χ1) is 11.8. The van der Waals surface area contributed by atoms with E-state index in [4.69, 9.17) is 4.52 Å². The number of hydrogen-bond acceptors (Lipinski definition) is 5. The first-order valence-electron chi connectivity index (χ1n) is 8.28. The van der Waals surface area contributed by atoms with Crippen LogP contribution in [-0.4, -0.2) is 28.0 Å². The van der Waals surface area contributed by atoms with Gasteiger partial charge in [-0.25, -0.2) is 4.98 Å². The maximum Gasteiger partial charge on any atom is 0.250 e. The summed E-state index contributed by atoms with van der Waals surface area (Å²) < 4.78 is 5.20. The zero-order valence-corrected chi connectivity index (χ0v) is 14.9. The van der Waals surface area contributed by atoms with Crippen molar-refractivity contribution in [1.82, 2.24) is 10.1 Å². The number of aromatic nitrogens is 2. The maximum atomic E-state index is 12.6. The van der Waals surface area contributed by atoms with E-state index < -0.39 is 6.04 Å². The molecule has 2 aromatic heterocycles. The molecule has 1 N–H and O–H groups in total. The lowest BCUT2D eigenvalue weighted by atomic mass is 9.92. The second-order valence-electron chi connectivity index (χ2n) is 7.33. The summed E-state index contributed by atoms with van der Waals surface area (Å²) in [4.78, 5) is 30.6. The van der Waals surface area contributed by atoms with Crippen molar-refractivity contribution in [2.45, 2.75) is 52.0 Å². The fourth-order valence-electron chi connectivity index (χ4n) is 2.71. The van der Waals surface area contributed by atoms with Crippen LogP contribution in [0.5, 0.6) is 0 Å². The molecule has 1 aliphatic heterocycles. The van der Waals surface area contributed by atoms with Crippen LogP contribution in [0, 0.1) is 6.92 Å². The van der Waals surface area contributed by atoms with Gasteiger partial charge in [-0.1, -0.05) is 32.0 Å². The highest BCUT2D eigenvalue weighted by atomic mass is 16.5. The topological polar surface area (TPSA) is 88.3 Å². The number of nitrogens with one attached hydrogen (secondary N) is 1. The molecule has 1 fully saturated rings. The molecular weight excluding hydrogens is 320 g/mol. The zero-order valence-electron chi connectivity index (χ0n) is 14.9. The normalized spacial score (nSPS) is 17.8. The van der Waals surface area contributed by atoms with E-state index in [1.807, 2.05) is 33.8 Å². The van der Waals surface area contributed by atoms with E-state index in [-0.39, 0.29) is 23.1 Å². The Kier molecular flexibility index (Phi) is 4.32. The van der Waals surface area contributed by atoms with Crippen LogP contribution in [0.1, 0.15) is 44.9 Å².